The number of benzene rings is 2. The van der Waals surface area contributed by atoms with Crippen molar-refractivity contribution in [1.29, 1.82) is 0 Å². The van der Waals surface area contributed by atoms with E-state index in [1.807, 2.05) is 13.8 Å². The van der Waals surface area contributed by atoms with Crippen LogP contribution < -0.4 is 15.2 Å². The van der Waals surface area contributed by atoms with Gasteiger partial charge in [0.2, 0.25) is 0 Å². The fraction of sp³-hybridized carbons (Fsp3) is 0.200. The molecule has 2 N–H and O–H groups in total. The number of ether oxygens (including phenoxy) is 2. The van der Waals surface area contributed by atoms with Crippen LogP contribution in [-0.4, -0.2) is 7.11 Å². The number of hydrogen-bond donors (Lipinski definition) is 1. The highest BCUT2D eigenvalue weighted by Crippen LogP contribution is 2.34. The second kappa shape index (κ2) is 5.59. The Morgan fingerprint density at radius 1 is 1.05 bits per heavy atom. The zero-order chi connectivity index (χ0) is 14.9. The maximum atomic E-state index is 13.8. The van der Waals surface area contributed by atoms with Gasteiger partial charge in [-0.1, -0.05) is 11.6 Å². The predicted octanol–water partition coefficient (Wildman–Crippen LogP) is 4.48. The van der Waals surface area contributed by atoms with E-state index >= 15 is 0 Å². The molecule has 0 aromatic heterocycles. The topological polar surface area (TPSA) is 44.5 Å². The summed E-state index contributed by atoms with van der Waals surface area (Å²) in [7, 11) is 1.46. The van der Waals surface area contributed by atoms with Crippen LogP contribution in [0.5, 0.6) is 17.2 Å². The monoisotopic (exact) mass is 295 g/mol. The minimum Gasteiger partial charge on any atom is -0.494 e. The third kappa shape index (κ3) is 2.80. The van der Waals surface area contributed by atoms with Gasteiger partial charge in [0.25, 0.3) is 0 Å². The molecule has 0 aliphatic carbocycles. The molecule has 0 atom stereocenters. The summed E-state index contributed by atoms with van der Waals surface area (Å²) in [4.78, 5) is 0. The van der Waals surface area contributed by atoms with Gasteiger partial charge in [-0.3, -0.25) is 0 Å². The van der Waals surface area contributed by atoms with Gasteiger partial charge >= 0.3 is 0 Å². The average Bonchev–Trinajstić information content (AvgIpc) is 2.39. The van der Waals surface area contributed by atoms with Crippen molar-refractivity contribution in [2.75, 3.05) is 12.8 Å². The summed E-state index contributed by atoms with van der Waals surface area (Å²) in [6.45, 7) is 3.73. The molecule has 5 heteroatoms. The zero-order valence-electron chi connectivity index (χ0n) is 11.5. The maximum absolute atomic E-state index is 13.8. The first-order valence-corrected chi connectivity index (χ1v) is 6.37. The highest BCUT2D eigenvalue weighted by atomic mass is 35.5. The molecule has 0 saturated heterocycles. The van der Waals surface area contributed by atoms with Crippen LogP contribution in [0.15, 0.2) is 24.3 Å². The van der Waals surface area contributed by atoms with Crippen molar-refractivity contribution in [2.45, 2.75) is 13.8 Å². The highest BCUT2D eigenvalue weighted by Gasteiger charge is 2.12. The molecule has 0 amide bonds. The lowest BCUT2D eigenvalue weighted by molar-refractivity contribution is 0.403. The number of hydrogen-bond acceptors (Lipinski definition) is 3. The number of rotatable bonds is 3. The van der Waals surface area contributed by atoms with Crippen molar-refractivity contribution in [3.05, 3.63) is 46.2 Å². The molecule has 0 saturated carbocycles. The van der Waals surface area contributed by atoms with E-state index in [0.29, 0.717) is 16.5 Å². The van der Waals surface area contributed by atoms with Gasteiger partial charge in [-0.05, 0) is 37.1 Å². The summed E-state index contributed by atoms with van der Waals surface area (Å²) < 4.78 is 24.5. The molecular weight excluding hydrogens is 281 g/mol. The molecule has 0 fully saturated rings. The number of halogens is 2. The maximum Gasteiger partial charge on any atom is 0.168 e. The molecule has 0 unspecified atom stereocenters. The Morgan fingerprint density at radius 3 is 2.20 bits per heavy atom. The molecule has 0 bridgehead atoms. The SMILES string of the molecule is COc1cc(Oc2cc(C)c(Cl)c(C)c2)c(F)cc1N. The molecule has 0 heterocycles. The molecule has 2 rings (SSSR count). The Bertz CT molecular complexity index is 636. The summed E-state index contributed by atoms with van der Waals surface area (Å²) in [5, 5.41) is 0.674. The van der Waals surface area contributed by atoms with Gasteiger partial charge in [0.05, 0.1) is 12.8 Å². The molecule has 2 aromatic carbocycles. The molecule has 0 radical (unpaired) electrons. The first kappa shape index (κ1) is 14.5. The Kier molecular flexibility index (Phi) is 4.04. The Balaban J connectivity index is 2.39. The lowest BCUT2D eigenvalue weighted by atomic mass is 10.1. The van der Waals surface area contributed by atoms with Crippen LogP contribution in [0, 0.1) is 19.7 Å². The normalized spacial score (nSPS) is 10.4. The summed E-state index contributed by atoms with van der Waals surface area (Å²) in [6.07, 6.45) is 0. The number of methoxy groups -OCH3 is 1. The molecule has 3 nitrogen and oxygen atoms in total. The number of nitrogens with two attached hydrogens (primary N) is 1. The molecular formula is C15H15ClFNO2. The number of anilines is 1. The zero-order valence-corrected chi connectivity index (χ0v) is 12.2. The van der Waals surface area contributed by atoms with E-state index in [-0.39, 0.29) is 11.4 Å². The van der Waals surface area contributed by atoms with Crippen LogP contribution >= 0.6 is 11.6 Å². The van der Waals surface area contributed by atoms with Gasteiger partial charge in [-0.2, -0.15) is 0 Å². The predicted molar refractivity (Wildman–Crippen MR) is 78.4 cm³/mol. The quantitative estimate of drug-likeness (QED) is 0.849. The number of nitrogen functional groups attached to an aromatic ring is 1. The van der Waals surface area contributed by atoms with Gasteiger partial charge in [0.15, 0.2) is 11.6 Å². The van der Waals surface area contributed by atoms with Crippen molar-refractivity contribution >= 4 is 17.3 Å². The standard InChI is InChI=1S/C15H15ClFNO2/c1-8-4-10(5-9(2)15(8)16)20-13-7-14(19-3)12(18)6-11(13)17/h4-7H,18H2,1-3H3. The van der Waals surface area contributed by atoms with Gasteiger partial charge in [0, 0.05) is 17.2 Å². The average molecular weight is 296 g/mol. The Morgan fingerprint density at radius 2 is 1.65 bits per heavy atom. The van der Waals surface area contributed by atoms with E-state index in [9.17, 15) is 4.39 Å². The highest BCUT2D eigenvalue weighted by molar-refractivity contribution is 6.32. The first-order valence-electron chi connectivity index (χ1n) is 6.00. The van der Waals surface area contributed by atoms with Crippen molar-refractivity contribution in [3.8, 4) is 17.2 Å². The molecule has 0 aliphatic rings. The van der Waals surface area contributed by atoms with E-state index in [4.69, 9.17) is 26.8 Å². The van der Waals surface area contributed by atoms with E-state index in [0.717, 1.165) is 11.1 Å². The molecule has 0 aliphatic heterocycles. The molecule has 2 aromatic rings. The van der Waals surface area contributed by atoms with Crippen molar-refractivity contribution < 1.29 is 13.9 Å². The van der Waals surface area contributed by atoms with Gasteiger partial charge < -0.3 is 15.2 Å². The van der Waals surface area contributed by atoms with Crippen molar-refractivity contribution in [1.82, 2.24) is 0 Å². The van der Waals surface area contributed by atoms with Crippen molar-refractivity contribution in [3.63, 3.8) is 0 Å². The molecule has 0 spiro atoms. The second-order valence-electron chi connectivity index (χ2n) is 4.50. The van der Waals surface area contributed by atoms with Gasteiger partial charge in [0.1, 0.15) is 11.5 Å². The molecule has 20 heavy (non-hydrogen) atoms. The lowest BCUT2D eigenvalue weighted by Crippen LogP contribution is -1.96. The van der Waals surface area contributed by atoms with Crippen LogP contribution in [0.1, 0.15) is 11.1 Å². The number of aryl methyl sites for hydroxylation is 2. The third-order valence-electron chi connectivity index (χ3n) is 2.92. The van der Waals surface area contributed by atoms with E-state index < -0.39 is 5.82 Å². The van der Waals surface area contributed by atoms with Crippen LogP contribution in [0.2, 0.25) is 5.02 Å². The van der Waals surface area contributed by atoms with Crippen molar-refractivity contribution in [2.24, 2.45) is 0 Å². The third-order valence-corrected chi connectivity index (χ3v) is 3.52. The fourth-order valence-electron chi connectivity index (χ4n) is 1.90. The van der Waals surface area contributed by atoms with E-state index in [1.165, 1.54) is 19.2 Å². The minimum atomic E-state index is -0.548. The Hall–Kier alpha value is -1.94. The Labute approximate surface area is 122 Å². The van der Waals surface area contributed by atoms with E-state index in [1.54, 1.807) is 12.1 Å². The van der Waals surface area contributed by atoms with Gasteiger partial charge in [-0.25, -0.2) is 4.39 Å². The van der Waals surface area contributed by atoms with Crippen LogP contribution in [-0.2, 0) is 0 Å². The van der Waals surface area contributed by atoms with Crippen LogP contribution in [0.25, 0.3) is 0 Å². The smallest absolute Gasteiger partial charge is 0.168 e. The van der Waals surface area contributed by atoms with E-state index in [2.05, 4.69) is 0 Å². The van der Waals surface area contributed by atoms with Gasteiger partial charge in [-0.15, -0.1) is 0 Å². The summed E-state index contributed by atoms with van der Waals surface area (Å²) in [5.74, 6) is 0.379. The lowest BCUT2D eigenvalue weighted by Gasteiger charge is -2.12. The van der Waals surface area contributed by atoms with Crippen LogP contribution in [0.4, 0.5) is 10.1 Å². The first-order chi connectivity index (χ1) is 9.42. The fourth-order valence-corrected chi connectivity index (χ4v) is 2.01. The second-order valence-corrected chi connectivity index (χ2v) is 4.88. The summed E-state index contributed by atoms with van der Waals surface area (Å²) in [6, 6.07) is 6.09. The minimum absolute atomic E-state index is 0.0529. The van der Waals surface area contributed by atoms with Crippen LogP contribution in [0.3, 0.4) is 0 Å². The molecule has 106 valence electrons. The summed E-state index contributed by atoms with van der Waals surface area (Å²) in [5.41, 5.74) is 7.58. The summed E-state index contributed by atoms with van der Waals surface area (Å²) >= 11 is 6.09. The largest absolute Gasteiger partial charge is 0.494 e.